The van der Waals surface area contributed by atoms with Crippen LogP contribution in [0.2, 0.25) is 0 Å². The van der Waals surface area contributed by atoms with E-state index in [1.54, 1.807) is 18.4 Å². The number of nitrogens with zero attached hydrogens (tertiary/aromatic N) is 1. The summed E-state index contributed by atoms with van der Waals surface area (Å²) in [7, 11) is 1.66. The van der Waals surface area contributed by atoms with Gasteiger partial charge >= 0.3 is 0 Å². The molecule has 6 heteroatoms. The van der Waals surface area contributed by atoms with E-state index in [9.17, 15) is 4.79 Å². The predicted octanol–water partition coefficient (Wildman–Crippen LogP) is 4.20. The fourth-order valence-electron chi connectivity index (χ4n) is 3.65. The van der Waals surface area contributed by atoms with Gasteiger partial charge in [-0.25, -0.2) is 0 Å². The molecule has 0 bridgehead atoms. The van der Waals surface area contributed by atoms with Crippen LogP contribution < -0.4 is 14.8 Å². The van der Waals surface area contributed by atoms with Gasteiger partial charge in [0.05, 0.1) is 13.7 Å². The van der Waals surface area contributed by atoms with Gasteiger partial charge in [-0.05, 0) is 30.5 Å². The number of fused-ring (bicyclic) bond motifs is 2. The molecule has 1 N–H and O–H groups in total. The number of nitrogens with one attached hydrogen (secondary N) is 1. The van der Waals surface area contributed by atoms with Crippen LogP contribution in [-0.2, 0) is 17.9 Å². The van der Waals surface area contributed by atoms with E-state index in [1.165, 1.54) is 15.0 Å². The maximum absolute atomic E-state index is 12.4. The highest BCUT2D eigenvalue weighted by molar-refractivity contribution is 7.19. The van der Waals surface area contributed by atoms with Crippen molar-refractivity contribution in [3.63, 3.8) is 0 Å². The monoisotopic (exact) mass is 410 g/mol. The number of benzene rings is 2. The van der Waals surface area contributed by atoms with Gasteiger partial charge in [0.25, 0.3) is 0 Å². The molecule has 5 nitrogen and oxygen atoms in total. The highest BCUT2D eigenvalue weighted by Gasteiger charge is 2.21. The third-order valence-electron chi connectivity index (χ3n) is 5.10. The topological polar surface area (TPSA) is 50.8 Å². The van der Waals surface area contributed by atoms with Gasteiger partial charge in [0.1, 0.15) is 17.6 Å². The summed E-state index contributed by atoms with van der Waals surface area (Å²) in [6.07, 6.45) is 0.535. The Morgan fingerprint density at radius 2 is 2.14 bits per heavy atom. The van der Waals surface area contributed by atoms with Crippen molar-refractivity contribution < 1.29 is 14.3 Å². The summed E-state index contributed by atoms with van der Waals surface area (Å²) in [5.74, 6) is 1.74. The first-order chi connectivity index (χ1) is 14.1. The third kappa shape index (κ3) is 4.89. The summed E-state index contributed by atoms with van der Waals surface area (Å²) in [6, 6.07) is 16.4. The molecular formula is C23H26N2O3S. The average molecular weight is 411 g/mol. The molecule has 1 amide bonds. The Balaban J connectivity index is 1.31. The van der Waals surface area contributed by atoms with E-state index >= 15 is 0 Å². The molecule has 1 unspecified atom stereocenters. The molecule has 0 spiro atoms. The first-order valence-electron chi connectivity index (χ1n) is 9.91. The lowest BCUT2D eigenvalue weighted by Crippen LogP contribution is -2.34. The number of hydrogen-bond donors (Lipinski definition) is 1. The van der Waals surface area contributed by atoms with E-state index < -0.39 is 0 Å². The van der Waals surface area contributed by atoms with Gasteiger partial charge in [-0.3, -0.25) is 9.69 Å². The lowest BCUT2D eigenvalue weighted by atomic mass is 10.1. The van der Waals surface area contributed by atoms with Gasteiger partial charge in [0.15, 0.2) is 0 Å². The summed E-state index contributed by atoms with van der Waals surface area (Å²) in [5, 5.41) is 4.29. The molecule has 0 saturated carbocycles. The molecule has 1 aliphatic rings. The van der Waals surface area contributed by atoms with Crippen LogP contribution in [0.4, 0.5) is 0 Å². The molecule has 3 aromatic rings. The van der Waals surface area contributed by atoms with E-state index in [0.717, 1.165) is 30.2 Å². The van der Waals surface area contributed by atoms with Crippen LogP contribution in [0.1, 0.15) is 23.8 Å². The van der Waals surface area contributed by atoms with Crippen LogP contribution in [0.25, 0.3) is 10.1 Å². The second-order valence-electron chi connectivity index (χ2n) is 7.41. The zero-order valence-corrected chi connectivity index (χ0v) is 17.6. The number of ether oxygens (including phenoxy) is 2. The molecule has 0 fully saturated rings. The summed E-state index contributed by atoms with van der Waals surface area (Å²) >= 11 is 1.73. The van der Waals surface area contributed by atoms with Gasteiger partial charge < -0.3 is 14.8 Å². The molecule has 1 aromatic heterocycles. The second kappa shape index (κ2) is 8.84. The normalized spacial score (nSPS) is 16.7. The first-order valence-corrected chi connectivity index (χ1v) is 10.7. The smallest absolute Gasteiger partial charge is 0.221 e. The van der Waals surface area contributed by atoms with Gasteiger partial charge in [0, 0.05) is 47.3 Å². The van der Waals surface area contributed by atoms with Crippen LogP contribution in [0.15, 0.2) is 48.5 Å². The maximum atomic E-state index is 12.4. The Labute approximate surface area is 175 Å². The van der Waals surface area contributed by atoms with E-state index in [0.29, 0.717) is 19.5 Å². The number of carbonyl (C=O) groups is 1. The Kier molecular flexibility index (Phi) is 6.02. The standard InChI is InChI=1S/C23H26N2O3S/c1-16-14-25(15-18-7-8-19(27-2)12-21(18)28-16)10-9-23(26)24-13-20-11-17-5-3-4-6-22(17)29-20/h3-8,11-12,16H,9-10,13-15H2,1-2H3,(H,24,26). The quantitative estimate of drug-likeness (QED) is 0.662. The zero-order chi connectivity index (χ0) is 20.2. The molecule has 1 atom stereocenters. The van der Waals surface area contributed by atoms with Crippen LogP contribution in [0.3, 0.4) is 0 Å². The molecule has 0 saturated heterocycles. The van der Waals surface area contributed by atoms with Crippen LogP contribution in [-0.4, -0.2) is 37.1 Å². The second-order valence-corrected chi connectivity index (χ2v) is 8.58. The van der Waals surface area contributed by atoms with Crippen molar-refractivity contribution in [1.82, 2.24) is 10.2 Å². The molecule has 29 heavy (non-hydrogen) atoms. The van der Waals surface area contributed by atoms with Crippen molar-refractivity contribution in [1.29, 1.82) is 0 Å². The van der Waals surface area contributed by atoms with E-state index in [-0.39, 0.29) is 12.0 Å². The fraction of sp³-hybridized carbons (Fsp3) is 0.348. The number of thiophene rings is 1. The summed E-state index contributed by atoms with van der Waals surface area (Å²) in [4.78, 5) is 15.8. The Hall–Kier alpha value is -2.57. The maximum Gasteiger partial charge on any atom is 0.221 e. The molecule has 0 aliphatic carbocycles. The average Bonchev–Trinajstić information content (AvgIpc) is 3.07. The minimum atomic E-state index is 0.0602. The van der Waals surface area contributed by atoms with Gasteiger partial charge in [-0.2, -0.15) is 0 Å². The molecule has 0 radical (unpaired) electrons. The highest BCUT2D eigenvalue weighted by atomic mass is 32.1. The van der Waals surface area contributed by atoms with Gasteiger partial charge in [-0.15, -0.1) is 11.3 Å². The Morgan fingerprint density at radius 3 is 2.97 bits per heavy atom. The highest BCUT2D eigenvalue weighted by Crippen LogP contribution is 2.29. The van der Waals surface area contributed by atoms with Gasteiger partial charge in [-0.1, -0.05) is 24.3 Å². The number of carbonyl (C=O) groups excluding carboxylic acids is 1. The fourth-order valence-corrected chi connectivity index (χ4v) is 4.66. The van der Waals surface area contributed by atoms with Crippen LogP contribution in [0, 0.1) is 0 Å². The van der Waals surface area contributed by atoms with Crippen molar-refractivity contribution in [2.45, 2.75) is 32.5 Å². The zero-order valence-electron chi connectivity index (χ0n) is 16.8. The van der Waals surface area contributed by atoms with Crippen molar-refractivity contribution in [2.75, 3.05) is 20.2 Å². The third-order valence-corrected chi connectivity index (χ3v) is 6.22. The number of hydrogen-bond acceptors (Lipinski definition) is 5. The minimum Gasteiger partial charge on any atom is -0.497 e. The molecular weight excluding hydrogens is 384 g/mol. The lowest BCUT2D eigenvalue weighted by Gasteiger charge is -2.21. The Morgan fingerprint density at radius 1 is 1.28 bits per heavy atom. The van der Waals surface area contributed by atoms with E-state index in [4.69, 9.17) is 9.47 Å². The van der Waals surface area contributed by atoms with Crippen molar-refractivity contribution in [2.24, 2.45) is 0 Å². The van der Waals surface area contributed by atoms with Crippen LogP contribution in [0.5, 0.6) is 11.5 Å². The molecule has 1 aliphatic heterocycles. The summed E-state index contributed by atoms with van der Waals surface area (Å²) in [5.41, 5.74) is 1.13. The minimum absolute atomic E-state index is 0.0602. The van der Waals surface area contributed by atoms with E-state index in [1.807, 2.05) is 30.3 Å². The van der Waals surface area contributed by atoms with Crippen molar-refractivity contribution in [3.05, 3.63) is 59.0 Å². The first kappa shape index (κ1) is 19.7. The number of amides is 1. The molecule has 4 rings (SSSR count). The molecule has 2 aromatic carbocycles. The largest absolute Gasteiger partial charge is 0.497 e. The van der Waals surface area contributed by atoms with Crippen molar-refractivity contribution in [3.8, 4) is 11.5 Å². The van der Waals surface area contributed by atoms with E-state index in [2.05, 4.69) is 35.3 Å². The van der Waals surface area contributed by atoms with Gasteiger partial charge in [0.2, 0.25) is 5.91 Å². The predicted molar refractivity (Wildman–Crippen MR) is 117 cm³/mol. The Bertz CT molecular complexity index is 968. The summed E-state index contributed by atoms with van der Waals surface area (Å²) < 4.78 is 12.6. The number of rotatable bonds is 6. The van der Waals surface area contributed by atoms with Crippen LogP contribution >= 0.6 is 11.3 Å². The lowest BCUT2D eigenvalue weighted by molar-refractivity contribution is -0.121. The molecule has 2 heterocycles. The number of methoxy groups -OCH3 is 1. The van der Waals surface area contributed by atoms with Crippen molar-refractivity contribution >= 4 is 27.3 Å². The summed E-state index contributed by atoms with van der Waals surface area (Å²) in [6.45, 7) is 4.91. The SMILES string of the molecule is COc1ccc2c(c1)OC(C)CN(CCC(=O)NCc1cc3ccccc3s1)C2. The molecule has 152 valence electrons.